The third-order valence-corrected chi connectivity index (χ3v) is 4.89. The highest BCUT2D eigenvalue weighted by molar-refractivity contribution is 4.93. The van der Waals surface area contributed by atoms with Gasteiger partial charge in [-0.2, -0.15) is 0 Å². The first kappa shape index (κ1) is 16.2. The normalized spacial score (nSPS) is 23.9. The number of ether oxygens (including phenoxy) is 1. The number of hydrogen-bond donors (Lipinski definition) is 2. The Morgan fingerprint density at radius 3 is 2.50 bits per heavy atom. The van der Waals surface area contributed by atoms with Crippen LogP contribution in [0.5, 0.6) is 0 Å². The molecule has 0 aliphatic heterocycles. The minimum atomic E-state index is -0.129. The molecule has 0 aromatic heterocycles. The van der Waals surface area contributed by atoms with Gasteiger partial charge >= 0.3 is 0 Å². The minimum Gasteiger partial charge on any atom is -0.394 e. The largest absolute Gasteiger partial charge is 0.394 e. The molecule has 2 aliphatic carbocycles. The van der Waals surface area contributed by atoms with Gasteiger partial charge in [-0.3, -0.25) is 4.90 Å². The van der Waals surface area contributed by atoms with E-state index in [0.29, 0.717) is 12.1 Å². The number of rotatable bonds is 11. The van der Waals surface area contributed by atoms with Gasteiger partial charge in [-0.05, 0) is 51.9 Å². The molecule has 2 fully saturated rings. The lowest BCUT2D eigenvalue weighted by Gasteiger charge is -2.35. The van der Waals surface area contributed by atoms with E-state index in [1.165, 1.54) is 25.7 Å². The highest BCUT2D eigenvalue weighted by Crippen LogP contribution is 2.35. The lowest BCUT2D eigenvalue weighted by molar-refractivity contribution is 0.0944. The Balaban J connectivity index is 1.81. The number of hydrogen-bond acceptors (Lipinski definition) is 4. The van der Waals surface area contributed by atoms with Gasteiger partial charge in [0.15, 0.2) is 0 Å². The van der Waals surface area contributed by atoms with Gasteiger partial charge in [0.25, 0.3) is 0 Å². The van der Waals surface area contributed by atoms with E-state index in [2.05, 4.69) is 24.1 Å². The van der Waals surface area contributed by atoms with Crippen LogP contribution in [0.25, 0.3) is 0 Å². The fraction of sp³-hybridized carbons (Fsp3) is 1.00. The maximum absolute atomic E-state index is 9.71. The average molecular weight is 284 g/mol. The standard InChI is InChI=1S/C16H32N2O2/c1-13(14-4-5-14)18(10-11-20-3)9-8-16(2,12-19)17-15-6-7-15/h13-15,17,19H,4-12H2,1-3H3. The molecule has 0 amide bonds. The van der Waals surface area contributed by atoms with Gasteiger partial charge in [0.05, 0.1) is 13.2 Å². The maximum Gasteiger partial charge on any atom is 0.0611 e. The molecular formula is C16H32N2O2. The van der Waals surface area contributed by atoms with E-state index in [9.17, 15) is 5.11 Å². The zero-order valence-corrected chi connectivity index (χ0v) is 13.4. The van der Waals surface area contributed by atoms with Crippen LogP contribution in [0.3, 0.4) is 0 Å². The first-order valence-electron chi connectivity index (χ1n) is 8.19. The molecule has 118 valence electrons. The highest BCUT2D eigenvalue weighted by atomic mass is 16.5. The van der Waals surface area contributed by atoms with E-state index in [0.717, 1.165) is 32.0 Å². The van der Waals surface area contributed by atoms with Crippen LogP contribution in [0.1, 0.15) is 46.0 Å². The second-order valence-electron chi connectivity index (χ2n) is 6.99. The summed E-state index contributed by atoms with van der Waals surface area (Å²) in [6, 6.07) is 1.29. The Kier molecular flexibility index (Phi) is 5.84. The summed E-state index contributed by atoms with van der Waals surface area (Å²) >= 11 is 0. The third-order valence-electron chi connectivity index (χ3n) is 4.89. The lowest BCUT2D eigenvalue weighted by Crippen LogP contribution is -2.50. The van der Waals surface area contributed by atoms with Crippen molar-refractivity contribution in [3.63, 3.8) is 0 Å². The average Bonchev–Trinajstić information content (AvgIpc) is 3.31. The van der Waals surface area contributed by atoms with Crippen LogP contribution in [-0.2, 0) is 4.74 Å². The molecule has 2 N–H and O–H groups in total. The Labute approximate surface area is 123 Å². The van der Waals surface area contributed by atoms with E-state index >= 15 is 0 Å². The molecule has 2 unspecified atom stereocenters. The smallest absolute Gasteiger partial charge is 0.0611 e. The van der Waals surface area contributed by atoms with Gasteiger partial charge in [-0.15, -0.1) is 0 Å². The second kappa shape index (κ2) is 7.21. The molecule has 0 heterocycles. The Bertz CT molecular complexity index is 292. The predicted molar refractivity (Wildman–Crippen MR) is 81.9 cm³/mol. The molecule has 0 bridgehead atoms. The van der Waals surface area contributed by atoms with Crippen LogP contribution < -0.4 is 5.32 Å². The van der Waals surface area contributed by atoms with Crippen LogP contribution in [0.15, 0.2) is 0 Å². The van der Waals surface area contributed by atoms with Gasteiger partial charge in [0.2, 0.25) is 0 Å². The SMILES string of the molecule is COCCN(CCC(C)(CO)NC1CC1)C(C)C1CC1. The molecule has 0 aromatic carbocycles. The predicted octanol–water partition coefficient (Wildman–Crippen LogP) is 1.63. The van der Waals surface area contributed by atoms with Crippen LogP contribution in [0, 0.1) is 5.92 Å². The van der Waals surface area contributed by atoms with Crippen molar-refractivity contribution in [2.24, 2.45) is 5.92 Å². The molecule has 2 aliphatic rings. The van der Waals surface area contributed by atoms with Crippen LogP contribution >= 0.6 is 0 Å². The van der Waals surface area contributed by atoms with Gasteiger partial charge in [0, 0.05) is 37.8 Å². The first-order valence-corrected chi connectivity index (χ1v) is 8.19. The second-order valence-corrected chi connectivity index (χ2v) is 6.99. The maximum atomic E-state index is 9.71. The van der Waals surface area contributed by atoms with Crippen LogP contribution in [0.2, 0.25) is 0 Å². The third kappa shape index (κ3) is 4.99. The monoisotopic (exact) mass is 284 g/mol. The van der Waals surface area contributed by atoms with Crippen molar-refractivity contribution in [1.82, 2.24) is 10.2 Å². The van der Waals surface area contributed by atoms with Crippen molar-refractivity contribution in [3.8, 4) is 0 Å². The Hall–Kier alpha value is -0.160. The first-order chi connectivity index (χ1) is 9.58. The summed E-state index contributed by atoms with van der Waals surface area (Å²) in [5.41, 5.74) is -0.129. The summed E-state index contributed by atoms with van der Waals surface area (Å²) in [5, 5.41) is 13.3. The molecule has 4 nitrogen and oxygen atoms in total. The van der Waals surface area contributed by atoms with Crippen molar-refractivity contribution < 1.29 is 9.84 Å². The van der Waals surface area contributed by atoms with Crippen molar-refractivity contribution in [3.05, 3.63) is 0 Å². The Morgan fingerprint density at radius 1 is 1.30 bits per heavy atom. The quantitative estimate of drug-likeness (QED) is 0.605. The lowest BCUT2D eigenvalue weighted by atomic mass is 9.97. The molecule has 20 heavy (non-hydrogen) atoms. The molecule has 4 heteroatoms. The van der Waals surface area contributed by atoms with E-state index in [1.807, 2.05) is 0 Å². The summed E-state index contributed by atoms with van der Waals surface area (Å²) < 4.78 is 5.25. The molecule has 2 atom stereocenters. The van der Waals surface area contributed by atoms with E-state index < -0.39 is 0 Å². The summed E-state index contributed by atoms with van der Waals surface area (Å²) in [4.78, 5) is 2.55. The van der Waals surface area contributed by atoms with Crippen molar-refractivity contribution in [2.75, 3.05) is 33.4 Å². The molecule has 0 aromatic rings. The van der Waals surface area contributed by atoms with Gasteiger partial charge in [-0.1, -0.05) is 0 Å². The van der Waals surface area contributed by atoms with E-state index in [1.54, 1.807) is 7.11 Å². The highest BCUT2D eigenvalue weighted by Gasteiger charge is 2.35. The number of aliphatic hydroxyl groups is 1. The zero-order chi connectivity index (χ0) is 14.6. The fourth-order valence-corrected chi connectivity index (χ4v) is 2.91. The summed E-state index contributed by atoms with van der Waals surface area (Å²) in [6.45, 7) is 7.55. The van der Waals surface area contributed by atoms with Crippen molar-refractivity contribution in [2.45, 2.75) is 63.6 Å². The molecule has 0 radical (unpaired) electrons. The molecule has 0 saturated heterocycles. The number of nitrogens with zero attached hydrogens (tertiary/aromatic N) is 1. The number of methoxy groups -OCH3 is 1. The number of aliphatic hydroxyl groups excluding tert-OH is 1. The zero-order valence-electron chi connectivity index (χ0n) is 13.4. The van der Waals surface area contributed by atoms with E-state index in [4.69, 9.17) is 4.74 Å². The fourth-order valence-electron chi connectivity index (χ4n) is 2.91. The van der Waals surface area contributed by atoms with Gasteiger partial charge in [-0.25, -0.2) is 0 Å². The molecule has 2 rings (SSSR count). The van der Waals surface area contributed by atoms with Crippen LogP contribution in [-0.4, -0.2) is 61.0 Å². The number of nitrogens with one attached hydrogen (secondary N) is 1. The van der Waals surface area contributed by atoms with Gasteiger partial charge < -0.3 is 15.2 Å². The summed E-state index contributed by atoms with van der Waals surface area (Å²) in [6.07, 6.45) is 6.29. The van der Waals surface area contributed by atoms with Gasteiger partial charge in [0.1, 0.15) is 0 Å². The van der Waals surface area contributed by atoms with Crippen molar-refractivity contribution >= 4 is 0 Å². The topological polar surface area (TPSA) is 44.7 Å². The molecule has 2 saturated carbocycles. The van der Waals surface area contributed by atoms with Crippen molar-refractivity contribution in [1.29, 1.82) is 0 Å². The van der Waals surface area contributed by atoms with E-state index in [-0.39, 0.29) is 12.1 Å². The minimum absolute atomic E-state index is 0.129. The molecular weight excluding hydrogens is 252 g/mol. The summed E-state index contributed by atoms with van der Waals surface area (Å²) in [5.74, 6) is 0.878. The summed E-state index contributed by atoms with van der Waals surface area (Å²) in [7, 11) is 1.77. The molecule has 0 spiro atoms. The Morgan fingerprint density at radius 2 is 2.00 bits per heavy atom. The van der Waals surface area contributed by atoms with Crippen LogP contribution in [0.4, 0.5) is 0 Å².